The normalized spacial score (nSPS) is 11.8. The van der Waals surface area contributed by atoms with Crippen molar-refractivity contribution in [1.82, 2.24) is 4.57 Å². The third-order valence-corrected chi connectivity index (χ3v) is 5.77. The molecule has 1 atom stereocenters. The maximum Gasteiger partial charge on any atom is 0.326 e. The second-order valence-corrected chi connectivity index (χ2v) is 8.32. The van der Waals surface area contributed by atoms with Crippen LogP contribution in [0.15, 0.2) is 77.6 Å². The number of ether oxygens (including phenoxy) is 1. The van der Waals surface area contributed by atoms with Crippen molar-refractivity contribution in [2.45, 2.75) is 39.3 Å². The fourth-order valence-electron chi connectivity index (χ4n) is 4.07. The maximum absolute atomic E-state index is 12.9. The number of fused-ring (bicyclic) bond motifs is 2. The van der Waals surface area contributed by atoms with Crippen LogP contribution >= 0.6 is 0 Å². The Morgan fingerprint density at radius 3 is 2.03 bits per heavy atom. The minimum absolute atomic E-state index is 0.0866. The number of hydrogen-bond acceptors (Lipinski definition) is 5. The van der Waals surface area contributed by atoms with Gasteiger partial charge in [0.1, 0.15) is 6.54 Å². The molecule has 1 unspecified atom stereocenters. The predicted molar refractivity (Wildman–Crippen MR) is 136 cm³/mol. The summed E-state index contributed by atoms with van der Waals surface area (Å²) < 4.78 is 7.20. The highest BCUT2D eigenvalue weighted by molar-refractivity contribution is 6.01. The molecule has 4 rings (SSSR count). The molecule has 7 nitrogen and oxygen atoms in total. The van der Waals surface area contributed by atoms with E-state index in [1.807, 2.05) is 6.92 Å². The Kier molecular flexibility index (Phi) is 7.06. The first kappa shape index (κ1) is 23.9. The highest BCUT2D eigenvalue weighted by Crippen LogP contribution is 2.20. The van der Waals surface area contributed by atoms with Gasteiger partial charge in [-0.2, -0.15) is 0 Å². The monoisotopic (exact) mass is 470 g/mol. The average molecular weight is 471 g/mol. The lowest BCUT2D eigenvalue weighted by Crippen LogP contribution is -2.27. The second kappa shape index (κ2) is 10.3. The van der Waals surface area contributed by atoms with Gasteiger partial charge < -0.3 is 14.6 Å². The molecular weight excluding hydrogens is 444 g/mol. The quantitative estimate of drug-likeness (QED) is 0.229. The number of carbonyl (C=O) groups excluding carboxylic acids is 3. The Morgan fingerprint density at radius 2 is 1.46 bits per heavy atom. The number of aromatic nitrogens is 1. The molecule has 3 aromatic carbocycles. The first-order valence-electron chi connectivity index (χ1n) is 11.5. The van der Waals surface area contributed by atoms with Crippen LogP contribution in [0.3, 0.4) is 0 Å². The van der Waals surface area contributed by atoms with E-state index >= 15 is 0 Å². The molecule has 0 saturated heterocycles. The molecule has 1 N–H and O–H groups in total. The number of nitrogens with zero attached hydrogens (tertiary/aromatic N) is 1. The van der Waals surface area contributed by atoms with E-state index in [1.54, 1.807) is 77.4 Å². The number of anilines is 1. The van der Waals surface area contributed by atoms with Crippen molar-refractivity contribution in [2.75, 3.05) is 5.32 Å². The third kappa shape index (κ3) is 5.14. The third-order valence-electron chi connectivity index (χ3n) is 5.77. The van der Waals surface area contributed by atoms with Crippen molar-refractivity contribution in [3.63, 3.8) is 0 Å². The summed E-state index contributed by atoms with van der Waals surface area (Å²) in [6.07, 6.45) is 0.171. The molecule has 0 aliphatic carbocycles. The van der Waals surface area contributed by atoms with E-state index in [1.165, 1.54) is 6.92 Å². The lowest BCUT2D eigenvalue weighted by atomic mass is 10.1. The van der Waals surface area contributed by atoms with Gasteiger partial charge in [-0.3, -0.25) is 19.2 Å². The van der Waals surface area contributed by atoms with Crippen LogP contribution in [0.1, 0.15) is 37.0 Å². The molecule has 4 aromatic rings. The van der Waals surface area contributed by atoms with E-state index in [2.05, 4.69) is 5.32 Å². The summed E-state index contributed by atoms with van der Waals surface area (Å²) in [6, 6.07) is 20.7. The number of esters is 1. The van der Waals surface area contributed by atoms with Gasteiger partial charge in [0.25, 0.3) is 0 Å². The first-order chi connectivity index (χ1) is 16.9. The van der Waals surface area contributed by atoms with Crippen molar-refractivity contribution in [3.05, 3.63) is 88.6 Å². The van der Waals surface area contributed by atoms with Crippen LogP contribution < -0.4 is 10.7 Å². The van der Waals surface area contributed by atoms with Gasteiger partial charge in [-0.25, -0.2) is 0 Å². The zero-order valence-electron chi connectivity index (χ0n) is 19.6. The van der Waals surface area contributed by atoms with Gasteiger partial charge in [0.05, 0.1) is 11.0 Å². The van der Waals surface area contributed by atoms with Crippen molar-refractivity contribution in [1.29, 1.82) is 0 Å². The minimum atomic E-state index is -1.00. The Balaban J connectivity index is 1.51. The molecule has 1 aromatic heterocycles. The summed E-state index contributed by atoms with van der Waals surface area (Å²) in [7, 11) is 0. The molecule has 0 aliphatic rings. The summed E-state index contributed by atoms with van der Waals surface area (Å²) in [5.41, 5.74) is 2.11. The zero-order chi connectivity index (χ0) is 24.9. The molecule has 7 heteroatoms. The summed E-state index contributed by atoms with van der Waals surface area (Å²) in [4.78, 5) is 50.3. The Labute approximate surface area is 202 Å². The van der Waals surface area contributed by atoms with E-state index in [0.29, 0.717) is 39.5 Å². The largest absolute Gasteiger partial charge is 0.453 e. The Morgan fingerprint density at radius 1 is 0.886 bits per heavy atom. The number of nitrogens with one attached hydrogen (secondary N) is 1. The molecule has 1 heterocycles. The molecule has 0 fully saturated rings. The van der Waals surface area contributed by atoms with E-state index in [4.69, 9.17) is 4.74 Å². The second-order valence-electron chi connectivity index (χ2n) is 8.32. The van der Waals surface area contributed by atoms with Crippen molar-refractivity contribution >= 4 is 45.2 Å². The van der Waals surface area contributed by atoms with Crippen molar-refractivity contribution in [3.8, 4) is 0 Å². The molecule has 35 heavy (non-hydrogen) atoms. The van der Waals surface area contributed by atoms with Crippen LogP contribution in [0, 0.1) is 0 Å². The fraction of sp³-hybridized carbons (Fsp3) is 0.214. The first-order valence-corrected chi connectivity index (χ1v) is 11.5. The van der Waals surface area contributed by atoms with Gasteiger partial charge in [0, 0.05) is 28.4 Å². The van der Waals surface area contributed by atoms with Crippen LogP contribution in [-0.2, 0) is 20.9 Å². The van der Waals surface area contributed by atoms with Gasteiger partial charge in [-0.05, 0) is 61.9 Å². The van der Waals surface area contributed by atoms with E-state index in [-0.39, 0.29) is 23.7 Å². The predicted octanol–water partition coefficient (Wildman–Crippen LogP) is 4.71. The number of rotatable bonds is 8. The van der Waals surface area contributed by atoms with Crippen LogP contribution in [0.25, 0.3) is 21.8 Å². The number of para-hydroxylation sites is 2. The van der Waals surface area contributed by atoms with E-state index < -0.39 is 12.1 Å². The van der Waals surface area contributed by atoms with Gasteiger partial charge in [-0.1, -0.05) is 31.2 Å². The SMILES string of the molecule is CCCC(=O)Nc1ccc(C(=O)C(C)OC(=O)Cn2c3ccccc3c(=O)c3ccccc32)cc1. The fourth-order valence-corrected chi connectivity index (χ4v) is 4.07. The van der Waals surface area contributed by atoms with Crippen molar-refractivity contribution in [2.24, 2.45) is 0 Å². The topological polar surface area (TPSA) is 94.5 Å². The summed E-state index contributed by atoms with van der Waals surface area (Å²) >= 11 is 0. The number of amides is 1. The van der Waals surface area contributed by atoms with E-state index in [0.717, 1.165) is 6.42 Å². The molecule has 0 bridgehead atoms. The van der Waals surface area contributed by atoms with Gasteiger partial charge in [0.2, 0.25) is 11.7 Å². The summed E-state index contributed by atoms with van der Waals surface area (Å²) in [5, 5.41) is 3.79. The number of pyridine rings is 1. The Bertz CT molecular complexity index is 1410. The number of benzene rings is 3. The van der Waals surface area contributed by atoms with Crippen molar-refractivity contribution < 1.29 is 19.1 Å². The Hall–Kier alpha value is -4.26. The molecule has 0 saturated carbocycles. The van der Waals surface area contributed by atoms with E-state index in [9.17, 15) is 19.2 Å². The smallest absolute Gasteiger partial charge is 0.326 e. The molecule has 0 spiro atoms. The maximum atomic E-state index is 12.9. The minimum Gasteiger partial charge on any atom is -0.453 e. The highest BCUT2D eigenvalue weighted by atomic mass is 16.5. The summed E-state index contributed by atoms with van der Waals surface area (Å²) in [6.45, 7) is 3.30. The van der Waals surface area contributed by atoms with Crippen LogP contribution in [-0.4, -0.2) is 28.3 Å². The average Bonchev–Trinajstić information content (AvgIpc) is 2.86. The number of hydrogen-bond donors (Lipinski definition) is 1. The number of ketones is 1. The van der Waals surface area contributed by atoms with Crippen LogP contribution in [0.2, 0.25) is 0 Å². The summed E-state index contributed by atoms with van der Waals surface area (Å²) in [5.74, 6) is -1.02. The molecule has 0 aliphatic heterocycles. The molecule has 0 radical (unpaired) electrons. The zero-order valence-corrected chi connectivity index (χ0v) is 19.6. The molecular formula is C28H26N2O5. The van der Waals surface area contributed by atoms with Gasteiger partial charge >= 0.3 is 5.97 Å². The lowest BCUT2D eigenvalue weighted by molar-refractivity contribution is -0.146. The van der Waals surface area contributed by atoms with Crippen LogP contribution in [0.5, 0.6) is 0 Å². The molecule has 178 valence electrons. The van der Waals surface area contributed by atoms with Gasteiger partial charge in [0.15, 0.2) is 11.5 Å². The number of carbonyl (C=O) groups is 3. The standard InChI is InChI=1S/C28H26N2O5/c1-3-8-25(31)29-20-15-13-19(14-16-20)27(33)18(2)35-26(32)17-30-23-11-6-4-9-21(23)28(34)22-10-5-7-12-24(22)30/h4-7,9-16,18H,3,8,17H2,1-2H3,(H,29,31). The van der Waals surface area contributed by atoms with Gasteiger partial charge in [-0.15, -0.1) is 0 Å². The van der Waals surface area contributed by atoms with Crippen LogP contribution in [0.4, 0.5) is 5.69 Å². The lowest BCUT2D eigenvalue weighted by Gasteiger charge is -2.17. The number of Topliss-reactive ketones (excluding diaryl/α,β-unsaturated/α-hetero) is 1. The highest BCUT2D eigenvalue weighted by Gasteiger charge is 2.21. The molecule has 1 amide bonds.